The number of hydrogen-bond acceptors (Lipinski definition) is 3. The minimum atomic E-state index is -0.346. The molecule has 96 valence electrons. The van der Waals surface area contributed by atoms with Crippen molar-refractivity contribution in [1.29, 1.82) is 0 Å². The summed E-state index contributed by atoms with van der Waals surface area (Å²) in [7, 11) is 0. The highest BCUT2D eigenvalue weighted by Crippen LogP contribution is 2.29. The zero-order valence-electron chi connectivity index (χ0n) is 10.7. The number of aliphatic hydroxyl groups is 1. The van der Waals surface area contributed by atoms with Crippen molar-refractivity contribution in [1.82, 2.24) is 5.32 Å². The van der Waals surface area contributed by atoms with Gasteiger partial charge in [-0.1, -0.05) is 19.9 Å². The zero-order chi connectivity index (χ0) is 12.3. The summed E-state index contributed by atoms with van der Waals surface area (Å²) in [5.41, 5.74) is 0. The third-order valence-electron chi connectivity index (χ3n) is 3.88. The molecule has 2 N–H and O–H groups in total. The monoisotopic (exact) mass is 253 g/mol. The van der Waals surface area contributed by atoms with Gasteiger partial charge in [-0.3, -0.25) is 0 Å². The van der Waals surface area contributed by atoms with Crippen molar-refractivity contribution < 1.29 is 5.11 Å². The first-order valence-corrected chi connectivity index (χ1v) is 7.49. The standard InChI is InChI=1S/C14H23NOS/c1-10-5-6-12(11(2)8-10)15-9-13(16)14-4-3-7-17-14/h3-4,7,10-13,15-16H,5-6,8-9H2,1-2H3. The minimum Gasteiger partial charge on any atom is -0.386 e. The van der Waals surface area contributed by atoms with E-state index in [0.29, 0.717) is 12.6 Å². The van der Waals surface area contributed by atoms with Crippen LogP contribution in [0.25, 0.3) is 0 Å². The average molecular weight is 253 g/mol. The Morgan fingerprint density at radius 1 is 1.47 bits per heavy atom. The van der Waals surface area contributed by atoms with Crippen molar-refractivity contribution in [2.75, 3.05) is 6.54 Å². The summed E-state index contributed by atoms with van der Waals surface area (Å²) < 4.78 is 0. The summed E-state index contributed by atoms with van der Waals surface area (Å²) in [5, 5.41) is 15.6. The Bertz CT molecular complexity index is 325. The molecule has 4 unspecified atom stereocenters. The first kappa shape index (κ1) is 13.1. The van der Waals surface area contributed by atoms with Gasteiger partial charge < -0.3 is 10.4 Å². The molecule has 1 aromatic heterocycles. The Balaban J connectivity index is 1.78. The molecule has 0 bridgehead atoms. The Kier molecular flexibility index (Phi) is 4.60. The molecule has 1 aliphatic rings. The Morgan fingerprint density at radius 2 is 2.29 bits per heavy atom. The second-order valence-electron chi connectivity index (χ2n) is 5.44. The SMILES string of the molecule is CC1CCC(NCC(O)c2cccs2)C(C)C1. The van der Waals surface area contributed by atoms with E-state index in [1.54, 1.807) is 11.3 Å². The van der Waals surface area contributed by atoms with Crippen molar-refractivity contribution >= 4 is 11.3 Å². The van der Waals surface area contributed by atoms with E-state index in [-0.39, 0.29) is 6.10 Å². The highest BCUT2D eigenvalue weighted by Gasteiger charge is 2.25. The highest BCUT2D eigenvalue weighted by atomic mass is 32.1. The Morgan fingerprint density at radius 3 is 2.94 bits per heavy atom. The normalized spacial score (nSPS) is 31.4. The van der Waals surface area contributed by atoms with Gasteiger partial charge in [-0.05, 0) is 42.5 Å². The van der Waals surface area contributed by atoms with Gasteiger partial charge in [0.05, 0.1) is 0 Å². The van der Waals surface area contributed by atoms with Crippen LogP contribution in [0.3, 0.4) is 0 Å². The lowest BCUT2D eigenvalue weighted by Crippen LogP contribution is -2.40. The van der Waals surface area contributed by atoms with E-state index in [9.17, 15) is 5.11 Å². The smallest absolute Gasteiger partial charge is 0.101 e. The van der Waals surface area contributed by atoms with E-state index >= 15 is 0 Å². The maximum absolute atomic E-state index is 10.0. The topological polar surface area (TPSA) is 32.3 Å². The van der Waals surface area contributed by atoms with E-state index in [1.165, 1.54) is 19.3 Å². The molecule has 0 radical (unpaired) electrons. The fourth-order valence-electron chi connectivity index (χ4n) is 2.81. The average Bonchev–Trinajstić information content (AvgIpc) is 2.81. The van der Waals surface area contributed by atoms with E-state index in [2.05, 4.69) is 19.2 Å². The number of thiophene rings is 1. The van der Waals surface area contributed by atoms with E-state index in [1.807, 2.05) is 17.5 Å². The van der Waals surface area contributed by atoms with E-state index in [4.69, 9.17) is 0 Å². The molecule has 0 amide bonds. The van der Waals surface area contributed by atoms with Gasteiger partial charge in [0, 0.05) is 17.5 Å². The molecule has 0 saturated heterocycles. The molecule has 2 nitrogen and oxygen atoms in total. The van der Waals surface area contributed by atoms with Gasteiger partial charge in [0.1, 0.15) is 6.10 Å². The second-order valence-corrected chi connectivity index (χ2v) is 6.42. The van der Waals surface area contributed by atoms with Crippen LogP contribution in [0.1, 0.15) is 44.1 Å². The van der Waals surface area contributed by atoms with Crippen LogP contribution in [0, 0.1) is 11.8 Å². The summed E-state index contributed by atoms with van der Waals surface area (Å²) in [6, 6.07) is 4.58. The Hall–Kier alpha value is -0.380. The molecule has 17 heavy (non-hydrogen) atoms. The van der Waals surface area contributed by atoms with Gasteiger partial charge >= 0.3 is 0 Å². The van der Waals surface area contributed by atoms with Gasteiger partial charge in [0.25, 0.3) is 0 Å². The number of hydrogen-bond donors (Lipinski definition) is 2. The predicted molar refractivity (Wildman–Crippen MR) is 73.2 cm³/mol. The number of nitrogens with one attached hydrogen (secondary N) is 1. The molecular weight excluding hydrogens is 230 g/mol. The van der Waals surface area contributed by atoms with E-state index < -0.39 is 0 Å². The van der Waals surface area contributed by atoms with Crippen molar-refractivity contribution in [3.63, 3.8) is 0 Å². The largest absolute Gasteiger partial charge is 0.386 e. The van der Waals surface area contributed by atoms with Crippen LogP contribution in [0.15, 0.2) is 17.5 Å². The summed E-state index contributed by atoms with van der Waals surface area (Å²) in [5.74, 6) is 1.60. The van der Waals surface area contributed by atoms with Crippen molar-refractivity contribution in [3.05, 3.63) is 22.4 Å². The fraction of sp³-hybridized carbons (Fsp3) is 0.714. The molecule has 0 aromatic carbocycles. The van der Waals surface area contributed by atoms with Gasteiger partial charge in [0.2, 0.25) is 0 Å². The lowest BCUT2D eigenvalue weighted by atomic mass is 9.80. The molecule has 0 spiro atoms. The Labute approximate surface area is 108 Å². The predicted octanol–water partition coefficient (Wildman–Crippen LogP) is 3.20. The van der Waals surface area contributed by atoms with Crippen LogP contribution in [0.5, 0.6) is 0 Å². The van der Waals surface area contributed by atoms with Crippen LogP contribution < -0.4 is 5.32 Å². The molecule has 1 fully saturated rings. The molecule has 4 atom stereocenters. The first-order chi connectivity index (χ1) is 8.16. The fourth-order valence-corrected chi connectivity index (χ4v) is 3.52. The molecule has 1 aromatic rings. The molecule has 1 aliphatic carbocycles. The van der Waals surface area contributed by atoms with Gasteiger partial charge in [0.15, 0.2) is 0 Å². The highest BCUT2D eigenvalue weighted by molar-refractivity contribution is 7.10. The zero-order valence-corrected chi connectivity index (χ0v) is 11.5. The molecule has 1 saturated carbocycles. The van der Waals surface area contributed by atoms with Crippen LogP contribution >= 0.6 is 11.3 Å². The third kappa shape index (κ3) is 3.54. The molecule has 0 aliphatic heterocycles. The molecule has 3 heteroatoms. The van der Waals surface area contributed by atoms with E-state index in [0.717, 1.165) is 16.7 Å². The molecular formula is C14H23NOS. The first-order valence-electron chi connectivity index (χ1n) is 6.61. The van der Waals surface area contributed by atoms with Crippen LogP contribution in [0.2, 0.25) is 0 Å². The van der Waals surface area contributed by atoms with Crippen LogP contribution in [-0.4, -0.2) is 17.7 Å². The summed E-state index contributed by atoms with van der Waals surface area (Å²) >= 11 is 1.63. The van der Waals surface area contributed by atoms with Gasteiger partial charge in [-0.2, -0.15) is 0 Å². The van der Waals surface area contributed by atoms with Gasteiger partial charge in [-0.15, -0.1) is 11.3 Å². The summed E-state index contributed by atoms with van der Waals surface area (Å²) in [6.07, 6.45) is 3.53. The molecule has 2 rings (SSSR count). The maximum atomic E-state index is 10.0. The van der Waals surface area contributed by atoms with Gasteiger partial charge in [-0.25, -0.2) is 0 Å². The lowest BCUT2D eigenvalue weighted by Gasteiger charge is -2.33. The second kappa shape index (κ2) is 5.98. The third-order valence-corrected chi connectivity index (χ3v) is 4.85. The number of rotatable bonds is 4. The lowest BCUT2D eigenvalue weighted by molar-refractivity contribution is 0.153. The quantitative estimate of drug-likeness (QED) is 0.863. The van der Waals surface area contributed by atoms with Crippen LogP contribution in [-0.2, 0) is 0 Å². The van der Waals surface area contributed by atoms with Crippen LogP contribution in [0.4, 0.5) is 0 Å². The summed E-state index contributed by atoms with van der Waals surface area (Å²) in [4.78, 5) is 1.06. The molecule has 1 heterocycles. The minimum absolute atomic E-state index is 0.346. The van der Waals surface area contributed by atoms with Crippen molar-refractivity contribution in [2.45, 2.75) is 45.3 Å². The number of aliphatic hydroxyl groups excluding tert-OH is 1. The summed E-state index contributed by atoms with van der Waals surface area (Å²) in [6.45, 7) is 5.35. The van der Waals surface area contributed by atoms with Crippen molar-refractivity contribution in [2.24, 2.45) is 11.8 Å². The maximum Gasteiger partial charge on any atom is 0.101 e. The van der Waals surface area contributed by atoms with Crippen molar-refractivity contribution in [3.8, 4) is 0 Å².